The van der Waals surface area contributed by atoms with Crippen molar-refractivity contribution in [2.24, 2.45) is 0 Å². The topological polar surface area (TPSA) is 133 Å². The van der Waals surface area contributed by atoms with E-state index >= 15 is 0 Å². The van der Waals surface area contributed by atoms with Crippen LogP contribution in [-0.2, 0) is 16.0 Å². The lowest BCUT2D eigenvalue weighted by Gasteiger charge is -2.21. The molecule has 1 aliphatic heterocycles. The smallest absolute Gasteiger partial charge is 0.267 e. The first-order valence-corrected chi connectivity index (χ1v) is 9.46. The van der Waals surface area contributed by atoms with E-state index in [1.807, 2.05) is 0 Å². The molecule has 4 rings (SSSR count). The van der Waals surface area contributed by atoms with Gasteiger partial charge in [-0.15, -0.1) is 0 Å². The predicted octanol–water partition coefficient (Wildman–Crippen LogP) is 1.74. The van der Waals surface area contributed by atoms with Gasteiger partial charge in [-0.25, -0.2) is 15.0 Å². The average molecular weight is 382 g/mol. The Morgan fingerprint density at radius 2 is 1.93 bits per heavy atom. The van der Waals surface area contributed by atoms with E-state index in [2.05, 4.69) is 30.6 Å². The highest BCUT2D eigenvalue weighted by molar-refractivity contribution is 6.24. The standard InChI is InChI=1S/C19H22N6O3/c26-16-14(6-13-9-20-10-23-13)24-17(27)15(16)18(28)25-19-21-7-12(8-22-19)11-4-2-1-3-5-11/h7-11,14,26H,1-6H2,(H,20,23)(H,24,27)(H,21,22,25,28). The molecular weight excluding hydrogens is 360 g/mol. The molecule has 0 bridgehead atoms. The minimum atomic E-state index is -0.732. The van der Waals surface area contributed by atoms with Gasteiger partial charge in [0.1, 0.15) is 11.3 Å². The van der Waals surface area contributed by atoms with Crippen LogP contribution in [0.2, 0.25) is 0 Å². The van der Waals surface area contributed by atoms with E-state index in [-0.39, 0.29) is 23.7 Å². The third-order valence-corrected chi connectivity index (χ3v) is 5.29. The van der Waals surface area contributed by atoms with Gasteiger partial charge in [0.2, 0.25) is 5.95 Å². The molecule has 146 valence electrons. The Labute approximate surface area is 161 Å². The van der Waals surface area contributed by atoms with Crippen molar-refractivity contribution in [3.8, 4) is 0 Å². The van der Waals surface area contributed by atoms with Gasteiger partial charge in [-0.05, 0) is 24.3 Å². The van der Waals surface area contributed by atoms with Crippen LogP contribution in [0.1, 0.15) is 49.3 Å². The summed E-state index contributed by atoms with van der Waals surface area (Å²) in [6, 6.07) is -0.689. The molecule has 2 aromatic heterocycles. The van der Waals surface area contributed by atoms with E-state index in [4.69, 9.17) is 0 Å². The molecule has 1 aliphatic carbocycles. The van der Waals surface area contributed by atoms with Crippen LogP contribution < -0.4 is 10.6 Å². The quantitative estimate of drug-likeness (QED) is 0.582. The van der Waals surface area contributed by atoms with Gasteiger partial charge in [-0.2, -0.15) is 0 Å². The van der Waals surface area contributed by atoms with Crippen molar-refractivity contribution in [2.45, 2.75) is 50.5 Å². The molecular formula is C19H22N6O3. The van der Waals surface area contributed by atoms with Crippen molar-refractivity contribution in [3.63, 3.8) is 0 Å². The first-order chi connectivity index (χ1) is 13.6. The van der Waals surface area contributed by atoms with Crippen LogP contribution in [0.4, 0.5) is 5.95 Å². The summed E-state index contributed by atoms with van der Waals surface area (Å²) in [6.45, 7) is 0. The van der Waals surface area contributed by atoms with Crippen LogP contribution in [0.3, 0.4) is 0 Å². The van der Waals surface area contributed by atoms with Gasteiger partial charge in [0.05, 0.1) is 18.1 Å². The Kier molecular flexibility index (Phi) is 5.05. The summed E-state index contributed by atoms with van der Waals surface area (Å²) in [4.78, 5) is 39.9. The number of aromatic nitrogens is 4. The number of aliphatic hydroxyl groups excluding tert-OH is 1. The zero-order valence-corrected chi connectivity index (χ0v) is 15.3. The number of H-pyrrole nitrogens is 1. The average Bonchev–Trinajstić information content (AvgIpc) is 3.31. The molecule has 0 spiro atoms. The number of hydrogen-bond acceptors (Lipinski definition) is 6. The zero-order valence-electron chi connectivity index (χ0n) is 15.3. The van der Waals surface area contributed by atoms with Gasteiger partial charge in [0, 0.05) is 25.0 Å². The van der Waals surface area contributed by atoms with Crippen molar-refractivity contribution in [1.29, 1.82) is 0 Å². The van der Waals surface area contributed by atoms with Crippen molar-refractivity contribution < 1.29 is 14.7 Å². The van der Waals surface area contributed by atoms with Crippen molar-refractivity contribution >= 4 is 17.8 Å². The molecule has 4 N–H and O–H groups in total. The van der Waals surface area contributed by atoms with E-state index in [1.165, 1.54) is 25.6 Å². The zero-order chi connectivity index (χ0) is 19.5. The van der Waals surface area contributed by atoms with Crippen molar-refractivity contribution in [1.82, 2.24) is 25.3 Å². The molecule has 0 aromatic carbocycles. The Bertz CT molecular complexity index is 885. The molecule has 9 heteroatoms. The fraction of sp³-hybridized carbons (Fsp3) is 0.421. The summed E-state index contributed by atoms with van der Waals surface area (Å²) >= 11 is 0. The lowest BCUT2D eigenvalue weighted by Crippen LogP contribution is -2.32. The number of amides is 2. The number of aliphatic hydroxyl groups is 1. The van der Waals surface area contributed by atoms with E-state index in [0.29, 0.717) is 11.6 Å². The maximum atomic E-state index is 12.5. The molecule has 2 aromatic rings. The van der Waals surface area contributed by atoms with E-state index in [0.717, 1.165) is 18.4 Å². The Morgan fingerprint density at radius 3 is 2.61 bits per heavy atom. The summed E-state index contributed by atoms with van der Waals surface area (Å²) in [5, 5.41) is 15.4. The van der Waals surface area contributed by atoms with Crippen LogP contribution in [0, 0.1) is 0 Å². The summed E-state index contributed by atoms with van der Waals surface area (Å²) in [5.74, 6) is -1.09. The molecule has 1 atom stereocenters. The lowest BCUT2D eigenvalue weighted by molar-refractivity contribution is -0.120. The number of imidazole rings is 1. The highest BCUT2D eigenvalue weighted by Gasteiger charge is 2.36. The van der Waals surface area contributed by atoms with Gasteiger partial charge in [-0.1, -0.05) is 19.3 Å². The number of carbonyl (C=O) groups excluding carboxylic acids is 2. The summed E-state index contributed by atoms with van der Waals surface area (Å²) in [6.07, 6.45) is 12.9. The molecule has 28 heavy (non-hydrogen) atoms. The van der Waals surface area contributed by atoms with Crippen LogP contribution in [0.15, 0.2) is 36.3 Å². The van der Waals surface area contributed by atoms with E-state index in [1.54, 1.807) is 18.6 Å². The maximum absolute atomic E-state index is 12.5. The maximum Gasteiger partial charge on any atom is 0.267 e. The normalized spacial score (nSPS) is 20.3. The lowest BCUT2D eigenvalue weighted by atomic mass is 9.85. The number of nitrogens with zero attached hydrogens (tertiary/aromatic N) is 3. The second-order valence-corrected chi connectivity index (χ2v) is 7.18. The molecule has 9 nitrogen and oxygen atoms in total. The number of hydrogen-bond donors (Lipinski definition) is 4. The van der Waals surface area contributed by atoms with Gasteiger partial charge in [0.25, 0.3) is 11.8 Å². The summed E-state index contributed by atoms with van der Waals surface area (Å²) in [7, 11) is 0. The second kappa shape index (κ2) is 7.79. The predicted molar refractivity (Wildman–Crippen MR) is 100 cm³/mol. The van der Waals surface area contributed by atoms with Crippen molar-refractivity contribution in [2.75, 3.05) is 5.32 Å². The summed E-state index contributed by atoms with van der Waals surface area (Å²) < 4.78 is 0. The molecule has 1 unspecified atom stereocenters. The van der Waals surface area contributed by atoms with Crippen LogP contribution in [0.5, 0.6) is 0 Å². The number of rotatable bonds is 5. The number of anilines is 1. The van der Waals surface area contributed by atoms with E-state index < -0.39 is 17.9 Å². The summed E-state index contributed by atoms with van der Waals surface area (Å²) in [5.41, 5.74) is 1.41. The van der Waals surface area contributed by atoms with Gasteiger partial charge >= 0.3 is 0 Å². The van der Waals surface area contributed by atoms with Gasteiger partial charge in [-0.3, -0.25) is 14.9 Å². The second-order valence-electron chi connectivity index (χ2n) is 7.18. The van der Waals surface area contributed by atoms with Crippen molar-refractivity contribution in [3.05, 3.63) is 47.5 Å². The highest BCUT2D eigenvalue weighted by Crippen LogP contribution is 2.32. The molecule has 2 amide bonds. The third-order valence-electron chi connectivity index (χ3n) is 5.29. The third kappa shape index (κ3) is 3.73. The van der Waals surface area contributed by atoms with Gasteiger partial charge < -0.3 is 15.4 Å². The Hall–Kier alpha value is -3.23. The molecule has 1 saturated carbocycles. The van der Waals surface area contributed by atoms with Crippen LogP contribution in [-0.4, -0.2) is 42.9 Å². The highest BCUT2D eigenvalue weighted by atomic mass is 16.3. The molecule has 0 saturated heterocycles. The molecule has 2 aliphatic rings. The first-order valence-electron chi connectivity index (χ1n) is 9.46. The SMILES string of the molecule is O=C(Nc1ncc(C2CCCCC2)cn1)C1=C(O)C(Cc2c[nH]cn2)NC1=O. The minimum absolute atomic E-state index is 0.105. The van der Waals surface area contributed by atoms with E-state index in [9.17, 15) is 14.7 Å². The largest absolute Gasteiger partial charge is 0.509 e. The fourth-order valence-corrected chi connectivity index (χ4v) is 3.78. The fourth-order valence-electron chi connectivity index (χ4n) is 3.78. The van der Waals surface area contributed by atoms with Crippen LogP contribution >= 0.6 is 0 Å². The molecule has 0 radical (unpaired) electrons. The monoisotopic (exact) mass is 382 g/mol. The number of aromatic amines is 1. The molecule has 3 heterocycles. The Morgan fingerprint density at radius 1 is 1.18 bits per heavy atom. The number of nitrogens with one attached hydrogen (secondary N) is 3. The Balaban J connectivity index is 1.43. The molecule has 1 fully saturated rings. The number of carbonyl (C=O) groups is 2. The van der Waals surface area contributed by atoms with Crippen LogP contribution in [0.25, 0.3) is 0 Å². The first kappa shape index (κ1) is 18.1. The minimum Gasteiger partial charge on any atom is -0.509 e. The van der Waals surface area contributed by atoms with Gasteiger partial charge in [0.15, 0.2) is 0 Å².